The van der Waals surface area contributed by atoms with Crippen molar-refractivity contribution in [1.82, 2.24) is 0 Å². The molecule has 8 nitrogen and oxygen atoms in total. The topological polar surface area (TPSA) is 97.4 Å². The lowest BCUT2D eigenvalue weighted by Crippen LogP contribution is -2.12. The van der Waals surface area contributed by atoms with Gasteiger partial charge in [0, 0.05) is 5.56 Å². The molecule has 0 spiro atoms. The van der Waals surface area contributed by atoms with Crippen LogP contribution in [-0.2, 0) is 4.74 Å². The Balaban J connectivity index is 2.20. The van der Waals surface area contributed by atoms with E-state index in [1.54, 1.807) is 19.9 Å². The molecule has 0 N–H and O–H groups in total. The molecular formula is C26H30O8. The number of aryl methyl sites for hydroxylation is 1. The quantitative estimate of drug-likeness (QED) is 0.192. The molecule has 0 bridgehead atoms. The van der Waals surface area contributed by atoms with Gasteiger partial charge < -0.3 is 23.7 Å². The third-order valence-electron chi connectivity index (χ3n) is 5.56. The van der Waals surface area contributed by atoms with Crippen LogP contribution in [0.3, 0.4) is 0 Å². The summed E-state index contributed by atoms with van der Waals surface area (Å²) in [6.45, 7) is 8.03. The Kier molecular flexibility index (Phi) is 8.15. The zero-order valence-electron chi connectivity index (χ0n) is 20.2. The van der Waals surface area contributed by atoms with Crippen molar-refractivity contribution < 1.29 is 38.1 Å². The van der Waals surface area contributed by atoms with Crippen molar-refractivity contribution in [2.75, 3.05) is 20.3 Å². The summed E-state index contributed by atoms with van der Waals surface area (Å²) >= 11 is 0. The van der Waals surface area contributed by atoms with Crippen LogP contribution in [0.15, 0.2) is 12.1 Å². The lowest BCUT2D eigenvalue weighted by molar-refractivity contribution is 0.0494. The third kappa shape index (κ3) is 4.85. The normalized spacial score (nSPS) is 12.0. The van der Waals surface area contributed by atoms with Crippen LogP contribution in [-0.4, -0.2) is 38.5 Å². The molecule has 3 rings (SSSR count). The van der Waals surface area contributed by atoms with E-state index in [0.29, 0.717) is 41.9 Å². The minimum atomic E-state index is -0.712. The minimum absolute atomic E-state index is 0.0138. The van der Waals surface area contributed by atoms with E-state index in [9.17, 15) is 14.4 Å². The van der Waals surface area contributed by atoms with Crippen LogP contribution in [0.2, 0.25) is 0 Å². The molecule has 2 aromatic carbocycles. The van der Waals surface area contributed by atoms with E-state index in [1.807, 2.05) is 13.8 Å². The van der Waals surface area contributed by atoms with Crippen molar-refractivity contribution in [3.8, 4) is 28.7 Å². The average molecular weight is 471 g/mol. The van der Waals surface area contributed by atoms with Gasteiger partial charge in [-0.1, -0.05) is 26.7 Å². The number of hydrogen-bond donors (Lipinski definition) is 0. The fourth-order valence-electron chi connectivity index (χ4n) is 3.62. The second kappa shape index (κ2) is 11.0. The second-order valence-electron chi connectivity index (χ2n) is 8.02. The van der Waals surface area contributed by atoms with Gasteiger partial charge in [0.1, 0.15) is 22.6 Å². The van der Waals surface area contributed by atoms with Gasteiger partial charge in [0.05, 0.1) is 25.9 Å². The monoisotopic (exact) mass is 470 g/mol. The Bertz CT molecular complexity index is 1100. The van der Waals surface area contributed by atoms with E-state index in [4.69, 9.17) is 23.7 Å². The van der Waals surface area contributed by atoms with E-state index in [0.717, 1.165) is 19.3 Å². The summed E-state index contributed by atoms with van der Waals surface area (Å²) in [4.78, 5) is 38.2. The Morgan fingerprint density at radius 1 is 0.971 bits per heavy atom. The largest absolute Gasteiger partial charge is 0.496 e. The molecule has 0 radical (unpaired) electrons. The van der Waals surface area contributed by atoms with Gasteiger partial charge in [-0.15, -0.1) is 0 Å². The van der Waals surface area contributed by atoms with Gasteiger partial charge in [0.25, 0.3) is 0 Å². The van der Waals surface area contributed by atoms with Gasteiger partial charge in [-0.2, -0.15) is 0 Å². The molecule has 1 aliphatic rings. The molecule has 182 valence electrons. The van der Waals surface area contributed by atoms with E-state index >= 15 is 0 Å². The predicted octanol–water partition coefficient (Wildman–Crippen LogP) is 5.59. The summed E-state index contributed by atoms with van der Waals surface area (Å²) in [5, 5.41) is 0. The number of carbonyl (C=O) groups excluding carboxylic acids is 3. The average Bonchev–Trinajstić information content (AvgIpc) is 2.97. The highest BCUT2D eigenvalue weighted by molar-refractivity contribution is 6.03. The van der Waals surface area contributed by atoms with Crippen molar-refractivity contribution in [2.24, 2.45) is 0 Å². The number of rotatable bonds is 10. The zero-order chi connectivity index (χ0) is 24.8. The first-order valence-corrected chi connectivity index (χ1v) is 11.4. The molecule has 0 atom stereocenters. The molecule has 0 aliphatic carbocycles. The van der Waals surface area contributed by atoms with Gasteiger partial charge in [-0.25, -0.2) is 9.59 Å². The number of unbranched alkanes of at least 4 members (excludes halogenated alkanes) is 2. The first-order valence-electron chi connectivity index (χ1n) is 11.4. The highest BCUT2D eigenvalue weighted by Gasteiger charge is 2.34. The standard InChI is InChI=1S/C26H30O8/c1-6-8-10-31-20-12-15(3)21-23(18(20)14-27)33-24-17(25(28)32-11-9-7-2)13-19(30-5)16(4)22(24)34-26(21)29/h12-14H,6-11H2,1-5H3. The van der Waals surface area contributed by atoms with Crippen molar-refractivity contribution in [2.45, 2.75) is 53.4 Å². The fraction of sp³-hybridized carbons (Fsp3) is 0.423. The van der Waals surface area contributed by atoms with Crippen molar-refractivity contribution in [3.63, 3.8) is 0 Å². The molecule has 2 aromatic rings. The Labute approximate surface area is 199 Å². The molecule has 0 amide bonds. The van der Waals surface area contributed by atoms with Crippen LogP contribution in [0.4, 0.5) is 0 Å². The summed E-state index contributed by atoms with van der Waals surface area (Å²) in [7, 11) is 1.45. The smallest absolute Gasteiger partial charge is 0.347 e. The molecule has 0 fully saturated rings. The van der Waals surface area contributed by atoms with Crippen LogP contribution >= 0.6 is 0 Å². The second-order valence-corrected chi connectivity index (χ2v) is 8.02. The van der Waals surface area contributed by atoms with Gasteiger partial charge in [0.2, 0.25) is 0 Å². The van der Waals surface area contributed by atoms with E-state index < -0.39 is 11.9 Å². The number of hydrogen-bond acceptors (Lipinski definition) is 8. The van der Waals surface area contributed by atoms with Crippen LogP contribution in [0, 0.1) is 13.8 Å². The van der Waals surface area contributed by atoms with Crippen molar-refractivity contribution in [3.05, 3.63) is 39.9 Å². The maximum atomic E-state index is 13.2. The molecule has 0 saturated heterocycles. The first-order chi connectivity index (χ1) is 16.4. The number of fused-ring (bicyclic) bond motifs is 2. The summed E-state index contributed by atoms with van der Waals surface area (Å²) < 4.78 is 28.4. The van der Waals surface area contributed by atoms with Gasteiger partial charge in [0.15, 0.2) is 23.5 Å². The zero-order valence-corrected chi connectivity index (χ0v) is 20.2. The summed E-state index contributed by atoms with van der Waals surface area (Å²) in [5.41, 5.74) is 1.17. The van der Waals surface area contributed by atoms with Gasteiger partial charge in [-0.05, 0) is 44.4 Å². The molecule has 0 saturated carbocycles. The maximum absolute atomic E-state index is 13.2. The molecule has 0 unspecified atom stereocenters. The number of ether oxygens (including phenoxy) is 5. The fourth-order valence-corrected chi connectivity index (χ4v) is 3.62. The lowest BCUT2D eigenvalue weighted by atomic mass is 10.0. The van der Waals surface area contributed by atoms with Gasteiger partial charge in [-0.3, -0.25) is 4.79 Å². The van der Waals surface area contributed by atoms with E-state index in [2.05, 4.69) is 0 Å². The molecule has 1 heterocycles. The van der Waals surface area contributed by atoms with E-state index in [1.165, 1.54) is 13.2 Å². The Morgan fingerprint density at radius 3 is 2.32 bits per heavy atom. The van der Waals surface area contributed by atoms with Crippen LogP contribution in [0.1, 0.15) is 81.7 Å². The Hall–Kier alpha value is -3.55. The van der Waals surface area contributed by atoms with Gasteiger partial charge >= 0.3 is 11.9 Å². The van der Waals surface area contributed by atoms with Crippen molar-refractivity contribution in [1.29, 1.82) is 0 Å². The lowest BCUT2D eigenvalue weighted by Gasteiger charge is -2.18. The molecule has 0 aromatic heterocycles. The SMILES string of the molecule is CCCCOC(=O)c1cc(OC)c(C)c2c1Oc1c(C=O)c(OCCCC)cc(C)c1C(=O)O2. The van der Waals surface area contributed by atoms with Crippen LogP contribution < -0.4 is 18.9 Å². The number of carbonyl (C=O) groups is 3. The molecule has 8 heteroatoms. The minimum Gasteiger partial charge on any atom is -0.496 e. The van der Waals surface area contributed by atoms with Crippen LogP contribution in [0.5, 0.6) is 28.7 Å². The highest BCUT2D eigenvalue weighted by atomic mass is 16.6. The molecule has 34 heavy (non-hydrogen) atoms. The third-order valence-corrected chi connectivity index (χ3v) is 5.56. The maximum Gasteiger partial charge on any atom is 0.347 e. The summed E-state index contributed by atoms with van der Waals surface area (Å²) in [5.74, 6) is -0.726. The predicted molar refractivity (Wildman–Crippen MR) is 125 cm³/mol. The molecular weight excluding hydrogens is 440 g/mol. The first kappa shape index (κ1) is 25.1. The molecule has 1 aliphatic heterocycles. The number of esters is 2. The number of benzene rings is 2. The van der Waals surface area contributed by atoms with Crippen molar-refractivity contribution >= 4 is 18.2 Å². The summed E-state index contributed by atoms with van der Waals surface area (Å²) in [6, 6.07) is 3.10. The van der Waals surface area contributed by atoms with E-state index in [-0.39, 0.29) is 40.5 Å². The Morgan fingerprint density at radius 2 is 1.68 bits per heavy atom. The highest BCUT2D eigenvalue weighted by Crippen LogP contribution is 2.48. The summed E-state index contributed by atoms with van der Waals surface area (Å²) in [6.07, 6.45) is 3.84. The van der Waals surface area contributed by atoms with Crippen LogP contribution in [0.25, 0.3) is 0 Å². The number of methoxy groups -OCH3 is 1. The number of aldehydes is 1.